The smallest absolute Gasteiger partial charge is 0.346 e. The molecule has 108 valence electrons. The van der Waals surface area contributed by atoms with Crippen molar-refractivity contribution in [2.24, 2.45) is 0 Å². The lowest BCUT2D eigenvalue weighted by molar-refractivity contribution is 0.0373. The van der Waals surface area contributed by atoms with Gasteiger partial charge in [-0.1, -0.05) is 0 Å². The maximum Gasteiger partial charge on any atom is 0.346 e. The van der Waals surface area contributed by atoms with Crippen LogP contribution >= 0.6 is 0 Å². The van der Waals surface area contributed by atoms with Crippen molar-refractivity contribution in [3.05, 3.63) is 70.8 Å². The molecule has 0 saturated heterocycles. The molecule has 0 atom stereocenters. The molecule has 0 spiro atoms. The number of benzene rings is 2. The number of rotatable bonds is 0. The van der Waals surface area contributed by atoms with Gasteiger partial charge in [-0.05, 0) is 48.5 Å². The van der Waals surface area contributed by atoms with Crippen LogP contribution in [-0.4, -0.2) is 23.9 Å². The molecule has 6 heteroatoms. The van der Waals surface area contributed by atoms with E-state index in [4.69, 9.17) is 9.47 Å². The van der Waals surface area contributed by atoms with E-state index in [0.717, 1.165) is 0 Å². The molecule has 6 rings (SSSR count). The largest absolute Gasteiger partial charge is 0.386 e. The van der Waals surface area contributed by atoms with Crippen molar-refractivity contribution in [3.63, 3.8) is 0 Å². The lowest BCUT2D eigenvalue weighted by Crippen LogP contribution is -2.16. The van der Waals surface area contributed by atoms with Crippen LogP contribution in [0.5, 0.6) is 0 Å². The van der Waals surface area contributed by atoms with Crippen LogP contribution < -0.4 is 0 Å². The Morgan fingerprint density at radius 1 is 0.409 bits per heavy atom. The van der Waals surface area contributed by atoms with Gasteiger partial charge >= 0.3 is 23.9 Å². The molecule has 2 aromatic carbocycles. The maximum atomic E-state index is 11.8. The second-order valence-electron chi connectivity index (χ2n) is 4.51. The van der Waals surface area contributed by atoms with Gasteiger partial charge < -0.3 is 9.47 Å². The van der Waals surface area contributed by atoms with Gasteiger partial charge in [0.25, 0.3) is 0 Å². The maximum absolute atomic E-state index is 11.8. The highest BCUT2D eigenvalue weighted by atomic mass is 16.6. The third kappa shape index (κ3) is 2.49. The first-order valence-corrected chi connectivity index (χ1v) is 6.28. The Hall–Kier alpha value is -3.28. The van der Waals surface area contributed by atoms with Crippen LogP contribution in [0.25, 0.3) is 0 Å². The number of hydrogen-bond donors (Lipinski definition) is 0. The molecular formula is C16H8O6. The molecule has 4 heterocycles. The van der Waals surface area contributed by atoms with Crippen molar-refractivity contribution in [2.75, 3.05) is 0 Å². The lowest BCUT2D eigenvalue weighted by atomic mass is 10.1. The van der Waals surface area contributed by atoms with Crippen molar-refractivity contribution in [1.29, 1.82) is 0 Å². The molecule has 4 aliphatic rings. The third-order valence-electron chi connectivity index (χ3n) is 3.08. The van der Waals surface area contributed by atoms with Crippen LogP contribution in [0.2, 0.25) is 0 Å². The lowest BCUT2D eigenvalue weighted by Gasteiger charge is -2.07. The Labute approximate surface area is 124 Å². The molecule has 4 bridgehead atoms. The number of carbonyl (C=O) groups excluding carboxylic acids is 4. The molecule has 6 nitrogen and oxygen atoms in total. The summed E-state index contributed by atoms with van der Waals surface area (Å²) in [6.45, 7) is 0. The number of ether oxygens (including phenoxy) is 2. The fraction of sp³-hybridized carbons (Fsp3) is 0. The fourth-order valence-corrected chi connectivity index (χ4v) is 1.89. The SMILES string of the molecule is O=C1OC(=O)c2ccc(cc2)C(=O)OC(=O)c2ccc1cc2. The summed E-state index contributed by atoms with van der Waals surface area (Å²) in [5.41, 5.74) is 0.407. The van der Waals surface area contributed by atoms with Gasteiger partial charge in [0.15, 0.2) is 0 Å². The summed E-state index contributed by atoms with van der Waals surface area (Å²) in [6.07, 6.45) is 0. The van der Waals surface area contributed by atoms with Gasteiger partial charge in [0, 0.05) is 0 Å². The molecule has 0 N–H and O–H groups in total. The van der Waals surface area contributed by atoms with Gasteiger partial charge in [-0.25, -0.2) is 19.2 Å². The quantitative estimate of drug-likeness (QED) is 0.546. The summed E-state index contributed by atoms with van der Waals surface area (Å²) >= 11 is 0. The summed E-state index contributed by atoms with van der Waals surface area (Å²) in [4.78, 5) is 47.3. The van der Waals surface area contributed by atoms with Gasteiger partial charge in [0.2, 0.25) is 0 Å². The molecule has 0 aliphatic carbocycles. The van der Waals surface area contributed by atoms with E-state index in [1.165, 1.54) is 48.5 Å². The van der Waals surface area contributed by atoms with Gasteiger partial charge in [-0.3, -0.25) is 0 Å². The minimum Gasteiger partial charge on any atom is -0.386 e. The minimum atomic E-state index is -0.831. The number of esters is 4. The summed E-state index contributed by atoms with van der Waals surface area (Å²) in [5, 5.41) is 0. The minimum absolute atomic E-state index is 0.102. The van der Waals surface area contributed by atoms with Crippen molar-refractivity contribution >= 4 is 23.9 Å². The molecule has 0 saturated carbocycles. The Balaban J connectivity index is 2.07. The first kappa shape index (κ1) is 13.7. The Morgan fingerprint density at radius 2 is 0.591 bits per heavy atom. The summed E-state index contributed by atoms with van der Waals surface area (Å²) in [5.74, 6) is -3.33. The summed E-state index contributed by atoms with van der Waals surface area (Å²) in [7, 11) is 0. The zero-order chi connectivity index (χ0) is 15.7. The van der Waals surface area contributed by atoms with E-state index in [2.05, 4.69) is 0 Å². The van der Waals surface area contributed by atoms with Crippen molar-refractivity contribution in [2.45, 2.75) is 0 Å². The molecule has 0 radical (unpaired) electrons. The van der Waals surface area contributed by atoms with E-state index in [-0.39, 0.29) is 22.3 Å². The Bertz CT molecular complexity index is 651. The first-order valence-electron chi connectivity index (χ1n) is 6.28. The van der Waals surface area contributed by atoms with Gasteiger partial charge in [-0.2, -0.15) is 0 Å². The third-order valence-corrected chi connectivity index (χ3v) is 3.08. The molecule has 4 aliphatic heterocycles. The van der Waals surface area contributed by atoms with Crippen molar-refractivity contribution in [3.8, 4) is 0 Å². The highest BCUT2D eigenvalue weighted by Crippen LogP contribution is 2.13. The predicted molar refractivity (Wildman–Crippen MR) is 72.4 cm³/mol. The van der Waals surface area contributed by atoms with Crippen LogP contribution in [0.3, 0.4) is 0 Å². The van der Waals surface area contributed by atoms with Crippen LogP contribution in [-0.2, 0) is 9.47 Å². The van der Waals surface area contributed by atoms with Crippen molar-refractivity contribution in [1.82, 2.24) is 0 Å². The predicted octanol–water partition coefficient (Wildman–Crippen LogP) is 1.99. The fourth-order valence-electron chi connectivity index (χ4n) is 1.89. The van der Waals surface area contributed by atoms with Crippen LogP contribution in [0.4, 0.5) is 0 Å². The molecule has 0 aromatic heterocycles. The van der Waals surface area contributed by atoms with E-state index in [9.17, 15) is 19.2 Å². The molecule has 0 amide bonds. The molecular weight excluding hydrogens is 288 g/mol. The molecule has 2 aromatic rings. The molecule has 0 fully saturated rings. The topological polar surface area (TPSA) is 86.7 Å². The summed E-state index contributed by atoms with van der Waals surface area (Å²) < 4.78 is 9.46. The second kappa shape index (κ2) is 5.25. The van der Waals surface area contributed by atoms with E-state index < -0.39 is 23.9 Å². The first-order chi connectivity index (χ1) is 10.5. The van der Waals surface area contributed by atoms with Crippen LogP contribution in [0, 0.1) is 0 Å². The van der Waals surface area contributed by atoms with Gasteiger partial charge in [0.05, 0.1) is 22.3 Å². The van der Waals surface area contributed by atoms with Crippen molar-refractivity contribution < 1.29 is 28.7 Å². The normalized spacial score (nSPS) is 14.5. The molecule has 0 unspecified atom stereocenters. The van der Waals surface area contributed by atoms with E-state index >= 15 is 0 Å². The molecule has 22 heavy (non-hydrogen) atoms. The van der Waals surface area contributed by atoms with E-state index in [0.29, 0.717) is 0 Å². The van der Waals surface area contributed by atoms with Crippen LogP contribution in [0.15, 0.2) is 48.5 Å². The van der Waals surface area contributed by atoms with E-state index in [1.54, 1.807) is 0 Å². The Morgan fingerprint density at radius 3 is 0.773 bits per heavy atom. The zero-order valence-electron chi connectivity index (χ0n) is 11.1. The second-order valence-corrected chi connectivity index (χ2v) is 4.51. The van der Waals surface area contributed by atoms with Gasteiger partial charge in [0.1, 0.15) is 0 Å². The average Bonchev–Trinajstić information content (AvgIpc) is 2.54. The number of carbonyl (C=O) groups is 4. The standard InChI is InChI=1S/C16H8O6/c17-13-9-1-2-10(4-3-9)14(18)22-16(20)12-7-5-11(6-8-12)15(19)21-13/h1-8H. The Kier molecular flexibility index (Phi) is 3.27. The number of hydrogen-bond acceptors (Lipinski definition) is 6. The average molecular weight is 296 g/mol. The summed E-state index contributed by atoms with van der Waals surface area (Å²) in [6, 6.07) is 10.5. The zero-order valence-corrected chi connectivity index (χ0v) is 11.1. The monoisotopic (exact) mass is 296 g/mol. The highest BCUT2D eigenvalue weighted by Gasteiger charge is 2.20. The highest BCUT2D eigenvalue weighted by molar-refractivity contribution is 6.06. The van der Waals surface area contributed by atoms with Gasteiger partial charge in [-0.15, -0.1) is 0 Å². The van der Waals surface area contributed by atoms with E-state index in [1.807, 2.05) is 0 Å². The van der Waals surface area contributed by atoms with Crippen LogP contribution in [0.1, 0.15) is 41.4 Å².